The number of nitrogens with one attached hydrogen (secondary N) is 1. The molecule has 1 amide bonds. The lowest BCUT2D eigenvalue weighted by atomic mass is 10.0. The minimum atomic E-state index is -0.252. The molecule has 2 aromatic rings. The Hall–Kier alpha value is -2.07. The molecule has 0 saturated carbocycles. The molecule has 0 aliphatic rings. The van der Waals surface area contributed by atoms with Gasteiger partial charge in [-0.05, 0) is 37.8 Å². The van der Waals surface area contributed by atoms with Gasteiger partial charge in [-0.2, -0.15) is 0 Å². The number of carbonyl (C=O) groups is 1. The van der Waals surface area contributed by atoms with E-state index in [0.717, 1.165) is 18.2 Å². The summed E-state index contributed by atoms with van der Waals surface area (Å²) in [6.45, 7) is 2.55. The van der Waals surface area contributed by atoms with Gasteiger partial charge in [-0.25, -0.2) is 0 Å². The summed E-state index contributed by atoms with van der Waals surface area (Å²) in [5.74, 6) is -0.218. The van der Waals surface area contributed by atoms with Crippen LogP contribution in [0.1, 0.15) is 30.1 Å². The van der Waals surface area contributed by atoms with Gasteiger partial charge in [0.2, 0.25) is 0 Å². The smallest absolute Gasteiger partial charge is 0.255 e. The summed E-state index contributed by atoms with van der Waals surface area (Å²) < 4.78 is 0. The van der Waals surface area contributed by atoms with Crippen molar-refractivity contribution in [3.05, 3.63) is 42.0 Å². The molecule has 106 valence electrons. The van der Waals surface area contributed by atoms with Crippen molar-refractivity contribution in [3.63, 3.8) is 0 Å². The van der Waals surface area contributed by atoms with Crippen LogP contribution in [0.15, 0.2) is 36.4 Å². The Kier molecular flexibility index (Phi) is 4.58. The maximum Gasteiger partial charge on any atom is 0.255 e. The van der Waals surface area contributed by atoms with E-state index in [0.29, 0.717) is 17.5 Å². The van der Waals surface area contributed by atoms with Gasteiger partial charge < -0.3 is 16.2 Å². The summed E-state index contributed by atoms with van der Waals surface area (Å²) in [5.41, 5.74) is 5.76. The third kappa shape index (κ3) is 3.08. The van der Waals surface area contributed by atoms with Crippen LogP contribution < -0.4 is 11.1 Å². The maximum absolute atomic E-state index is 12.2. The average molecular weight is 272 g/mol. The van der Waals surface area contributed by atoms with E-state index in [1.54, 1.807) is 12.1 Å². The summed E-state index contributed by atoms with van der Waals surface area (Å²) >= 11 is 0. The molecule has 0 aromatic heterocycles. The van der Waals surface area contributed by atoms with Crippen LogP contribution in [0.3, 0.4) is 0 Å². The first-order valence-corrected chi connectivity index (χ1v) is 6.85. The number of benzene rings is 2. The molecule has 0 spiro atoms. The van der Waals surface area contributed by atoms with Gasteiger partial charge in [0.15, 0.2) is 0 Å². The summed E-state index contributed by atoms with van der Waals surface area (Å²) in [5, 5.41) is 14.7. The van der Waals surface area contributed by atoms with Crippen molar-refractivity contribution < 1.29 is 9.90 Å². The summed E-state index contributed by atoms with van der Waals surface area (Å²) in [6.07, 6.45) is 1.70. The number of carbonyl (C=O) groups excluding carboxylic acids is 1. The van der Waals surface area contributed by atoms with E-state index in [9.17, 15) is 9.90 Å². The molecule has 0 saturated heterocycles. The van der Waals surface area contributed by atoms with Crippen LogP contribution in [0.4, 0.5) is 0 Å². The Morgan fingerprint density at radius 3 is 2.80 bits per heavy atom. The van der Waals surface area contributed by atoms with Gasteiger partial charge in [0.25, 0.3) is 5.91 Å². The van der Waals surface area contributed by atoms with Crippen molar-refractivity contribution in [1.82, 2.24) is 5.32 Å². The lowest BCUT2D eigenvalue weighted by molar-refractivity contribution is 0.0935. The molecule has 1 unspecified atom stereocenters. The molecule has 0 heterocycles. The number of nitrogens with two attached hydrogens (primary N) is 1. The molecule has 4 nitrogen and oxygen atoms in total. The predicted molar refractivity (Wildman–Crippen MR) is 80.8 cm³/mol. The summed E-state index contributed by atoms with van der Waals surface area (Å²) in [4.78, 5) is 12.2. The van der Waals surface area contributed by atoms with Crippen LogP contribution in [0.2, 0.25) is 0 Å². The zero-order valence-electron chi connectivity index (χ0n) is 11.6. The van der Waals surface area contributed by atoms with Crippen molar-refractivity contribution in [3.8, 4) is 5.75 Å². The quantitative estimate of drug-likeness (QED) is 0.782. The second-order valence-corrected chi connectivity index (χ2v) is 4.99. The number of phenols is 1. The van der Waals surface area contributed by atoms with Crippen LogP contribution in [0.25, 0.3) is 10.8 Å². The maximum atomic E-state index is 12.2. The van der Waals surface area contributed by atoms with Crippen LogP contribution in [-0.4, -0.2) is 23.6 Å². The lowest BCUT2D eigenvalue weighted by Gasteiger charge is -2.14. The van der Waals surface area contributed by atoms with E-state index in [4.69, 9.17) is 5.73 Å². The Bertz CT molecular complexity index is 610. The molecule has 4 heteroatoms. The number of hydrogen-bond acceptors (Lipinski definition) is 3. The molecule has 0 aliphatic carbocycles. The van der Waals surface area contributed by atoms with Gasteiger partial charge in [0.05, 0.1) is 5.56 Å². The monoisotopic (exact) mass is 272 g/mol. The van der Waals surface area contributed by atoms with E-state index in [-0.39, 0.29) is 17.7 Å². The highest BCUT2D eigenvalue weighted by Gasteiger charge is 2.15. The van der Waals surface area contributed by atoms with Gasteiger partial charge in [0, 0.05) is 11.4 Å². The van der Waals surface area contributed by atoms with Crippen molar-refractivity contribution in [2.24, 2.45) is 5.73 Å². The lowest BCUT2D eigenvalue weighted by Crippen LogP contribution is -2.32. The molecular weight excluding hydrogens is 252 g/mol. The van der Waals surface area contributed by atoms with Gasteiger partial charge in [-0.3, -0.25) is 4.79 Å². The van der Waals surface area contributed by atoms with E-state index in [1.165, 1.54) is 0 Å². The Balaban J connectivity index is 2.20. The fourth-order valence-corrected chi connectivity index (χ4v) is 2.24. The first-order chi connectivity index (χ1) is 9.63. The van der Waals surface area contributed by atoms with Crippen molar-refractivity contribution in [2.45, 2.75) is 25.8 Å². The fraction of sp³-hybridized carbons (Fsp3) is 0.312. The molecular formula is C16H20N2O2. The molecule has 1 atom stereocenters. The zero-order valence-corrected chi connectivity index (χ0v) is 11.6. The minimum absolute atomic E-state index is 0.0339. The molecule has 0 bridgehead atoms. The zero-order chi connectivity index (χ0) is 14.5. The topological polar surface area (TPSA) is 75.3 Å². The number of aromatic hydroxyl groups is 1. The standard InChI is InChI=1S/C16H20N2O2/c1-11(5-4-10-17)18-16(20)14-9-8-12-6-2-3-7-13(12)15(14)19/h2-3,6-9,11,19H,4-5,10,17H2,1H3,(H,18,20). The molecule has 0 radical (unpaired) electrons. The number of phenolic OH excluding ortho intramolecular Hbond substituents is 1. The molecule has 2 aromatic carbocycles. The highest BCUT2D eigenvalue weighted by atomic mass is 16.3. The summed E-state index contributed by atoms with van der Waals surface area (Å²) in [7, 11) is 0. The van der Waals surface area contributed by atoms with Gasteiger partial charge >= 0.3 is 0 Å². The van der Waals surface area contributed by atoms with Crippen LogP contribution in [-0.2, 0) is 0 Å². The van der Waals surface area contributed by atoms with Crippen LogP contribution >= 0.6 is 0 Å². The van der Waals surface area contributed by atoms with E-state index in [1.807, 2.05) is 31.2 Å². The molecule has 0 fully saturated rings. The van der Waals surface area contributed by atoms with Gasteiger partial charge in [0.1, 0.15) is 5.75 Å². The Morgan fingerprint density at radius 2 is 2.05 bits per heavy atom. The number of fused-ring (bicyclic) bond motifs is 1. The first kappa shape index (κ1) is 14.3. The predicted octanol–water partition coefficient (Wildman–Crippen LogP) is 2.40. The Morgan fingerprint density at radius 1 is 1.30 bits per heavy atom. The second-order valence-electron chi connectivity index (χ2n) is 4.99. The van der Waals surface area contributed by atoms with E-state index >= 15 is 0 Å². The third-order valence-corrected chi connectivity index (χ3v) is 3.36. The number of rotatable bonds is 5. The molecule has 2 rings (SSSR count). The third-order valence-electron chi connectivity index (χ3n) is 3.36. The first-order valence-electron chi connectivity index (χ1n) is 6.85. The minimum Gasteiger partial charge on any atom is -0.506 e. The average Bonchev–Trinajstić information content (AvgIpc) is 2.45. The van der Waals surface area contributed by atoms with Crippen LogP contribution in [0, 0.1) is 0 Å². The van der Waals surface area contributed by atoms with E-state index in [2.05, 4.69) is 5.32 Å². The molecule has 20 heavy (non-hydrogen) atoms. The SMILES string of the molecule is CC(CCCN)NC(=O)c1ccc2ccccc2c1O. The fourth-order valence-electron chi connectivity index (χ4n) is 2.24. The highest BCUT2D eigenvalue weighted by molar-refractivity contribution is 6.03. The van der Waals surface area contributed by atoms with Gasteiger partial charge in [-0.15, -0.1) is 0 Å². The summed E-state index contributed by atoms with van der Waals surface area (Å²) in [6, 6.07) is 11.0. The highest BCUT2D eigenvalue weighted by Crippen LogP contribution is 2.28. The number of amides is 1. The largest absolute Gasteiger partial charge is 0.506 e. The molecule has 0 aliphatic heterocycles. The van der Waals surface area contributed by atoms with Crippen molar-refractivity contribution in [1.29, 1.82) is 0 Å². The normalized spacial score (nSPS) is 12.3. The van der Waals surface area contributed by atoms with Crippen molar-refractivity contribution in [2.75, 3.05) is 6.54 Å². The second kappa shape index (κ2) is 6.39. The Labute approximate surface area is 118 Å². The van der Waals surface area contributed by atoms with Crippen molar-refractivity contribution >= 4 is 16.7 Å². The molecule has 4 N–H and O–H groups in total. The number of hydrogen-bond donors (Lipinski definition) is 3. The van der Waals surface area contributed by atoms with Crippen LogP contribution in [0.5, 0.6) is 5.75 Å². The van der Waals surface area contributed by atoms with E-state index < -0.39 is 0 Å². The van der Waals surface area contributed by atoms with Gasteiger partial charge in [-0.1, -0.05) is 30.3 Å².